The van der Waals surface area contributed by atoms with E-state index in [4.69, 9.17) is 9.97 Å². The van der Waals surface area contributed by atoms with Crippen molar-refractivity contribution in [3.05, 3.63) is 146 Å². The fraction of sp³-hybridized carbons (Fsp3) is 0. The van der Waals surface area contributed by atoms with Crippen LogP contribution in [0.3, 0.4) is 0 Å². The summed E-state index contributed by atoms with van der Waals surface area (Å²) in [6.45, 7) is 0. The van der Waals surface area contributed by atoms with Gasteiger partial charge >= 0.3 is 0 Å². The van der Waals surface area contributed by atoms with Gasteiger partial charge in [0.25, 0.3) is 0 Å². The van der Waals surface area contributed by atoms with Gasteiger partial charge in [-0.2, -0.15) is 0 Å². The standard InChI is InChI=1S/C36H24N2/c1-3-12-25(13-4-1)27-18-11-19-30(22-27)33-24-34(38-36(37-33)26-14-5-2-6-15-26)35-31-20-9-7-16-28(31)23-29-17-8-10-21-32(29)35/h1-24H. The molecule has 178 valence electrons. The molecular formula is C36H24N2. The summed E-state index contributed by atoms with van der Waals surface area (Å²) in [4.78, 5) is 10.3. The number of aromatic nitrogens is 2. The summed E-state index contributed by atoms with van der Waals surface area (Å²) in [7, 11) is 0. The number of fused-ring (bicyclic) bond motifs is 2. The molecule has 0 bridgehead atoms. The maximum Gasteiger partial charge on any atom is 0.160 e. The summed E-state index contributed by atoms with van der Waals surface area (Å²) in [5.74, 6) is 0.722. The Morgan fingerprint density at radius 3 is 1.55 bits per heavy atom. The largest absolute Gasteiger partial charge is 0.228 e. The van der Waals surface area contributed by atoms with Crippen LogP contribution < -0.4 is 0 Å². The minimum Gasteiger partial charge on any atom is -0.228 e. The van der Waals surface area contributed by atoms with Crippen molar-refractivity contribution in [1.82, 2.24) is 9.97 Å². The van der Waals surface area contributed by atoms with Crippen molar-refractivity contribution in [3.63, 3.8) is 0 Å². The van der Waals surface area contributed by atoms with Gasteiger partial charge in [0.15, 0.2) is 5.82 Å². The molecule has 0 aliphatic rings. The second kappa shape index (κ2) is 9.42. The normalized spacial score (nSPS) is 11.2. The van der Waals surface area contributed by atoms with Crippen molar-refractivity contribution in [1.29, 1.82) is 0 Å². The number of rotatable bonds is 4. The Kier molecular flexibility index (Phi) is 5.49. The van der Waals surface area contributed by atoms with E-state index < -0.39 is 0 Å². The van der Waals surface area contributed by atoms with Crippen LogP contribution in [0.2, 0.25) is 0 Å². The van der Waals surface area contributed by atoms with Gasteiger partial charge in [-0.3, -0.25) is 0 Å². The first kappa shape index (κ1) is 22.1. The lowest BCUT2D eigenvalue weighted by molar-refractivity contribution is 1.19. The fourth-order valence-electron chi connectivity index (χ4n) is 5.22. The van der Waals surface area contributed by atoms with E-state index in [0.29, 0.717) is 0 Å². The smallest absolute Gasteiger partial charge is 0.160 e. The minimum atomic E-state index is 0.722. The highest BCUT2D eigenvalue weighted by Gasteiger charge is 2.16. The minimum absolute atomic E-state index is 0.722. The van der Waals surface area contributed by atoms with Crippen LogP contribution in [0.1, 0.15) is 0 Å². The Hall–Kier alpha value is -5.08. The predicted molar refractivity (Wildman–Crippen MR) is 159 cm³/mol. The molecule has 2 heteroatoms. The van der Waals surface area contributed by atoms with Crippen LogP contribution in [0.25, 0.3) is 66.6 Å². The molecule has 0 saturated heterocycles. The zero-order valence-electron chi connectivity index (χ0n) is 20.8. The van der Waals surface area contributed by atoms with Crippen molar-refractivity contribution < 1.29 is 0 Å². The molecule has 0 atom stereocenters. The number of benzene rings is 6. The molecule has 2 nitrogen and oxygen atoms in total. The number of nitrogens with zero attached hydrogens (tertiary/aromatic N) is 2. The summed E-state index contributed by atoms with van der Waals surface area (Å²) in [5.41, 5.74) is 7.39. The van der Waals surface area contributed by atoms with Gasteiger partial charge in [-0.15, -0.1) is 0 Å². The van der Waals surface area contributed by atoms with E-state index in [1.807, 2.05) is 24.3 Å². The van der Waals surface area contributed by atoms with E-state index in [-0.39, 0.29) is 0 Å². The van der Waals surface area contributed by atoms with E-state index >= 15 is 0 Å². The number of hydrogen-bond donors (Lipinski definition) is 0. The lowest BCUT2D eigenvalue weighted by Crippen LogP contribution is -1.97. The Bertz CT molecular complexity index is 1850. The van der Waals surface area contributed by atoms with Gasteiger partial charge in [0.05, 0.1) is 11.4 Å². The van der Waals surface area contributed by atoms with E-state index in [9.17, 15) is 0 Å². The zero-order chi connectivity index (χ0) is 25.3. The molecule has 0 aliphatic carbocycles. The van der Waals surface area contributed by atoms with Crippen LogP contribution in [0.15, 0.2) is 146 Å². The third-order valence-electron chi connectivity index (χ3n) is 7.05. The first-order valence-electron chi connectivity index (χ1n) is 12.8. The molecule has 38 heavy (non-hydrogen) atoms. The summed E-state index contributed by atoms with van der Waals surface area (Å²) in [5, 5.41) is 4.78. The average Bonchev–Trinajstić information content (AvgIpc) is 3.00. The molecular weight excluding hydrogens is 460 g/mol. The third-order valence-corrected chi connectivity index (χ3v) is 7.05. The molecule has 0 amide bonds. The Balaban J connectivity index is 1.51. The molecule has 0 aliphatic heterocycles. The summed E-state index contributed by atoms with van der Waals surface area (Å²) in [6, 6.07) is 50.9. The van der Waals surface area contributed by atoms with Crippen LogP contribution in [-0.4, -0.2) is 9.97 Å². The highest BCUT2D eigenvalue weighted by Crippen LogP contribution is 2.38. The molecule has 0 spiro atoms. The maximum atomic E-state index is 5.17. The second-order valence-corrected chi connectivity index (χ2v) is 9.47. The molecule has 0 radical (unpaired) electrons. The zero-order valence-corrected chi connectivity index (χ0v) is 20.8. The molecule has 6 aromatic carbocycles. The van der Waals surface area contributed by atoms with Crippen molar-refractivity contribution in [3.8, 4) is 45.0 Å². The van der Waals surface area contributed by atoms with Gasteiger partial charge in [0.1, 0.15) is 0 Å². The summed E-state index contributed by atoms with van der Waals surface area (Å²) in [6.07, 6.45) is 0. The monoisotopic (exact) mass is 484 g/mol. The van der Waals surface area contributed by atoms with E-state index in [0.717, 1.165) is 33.9 Å². The molecule has 7 rings (SSSR count). The van der Waals surface area contributed by atoms with Gasteiger partial charge in [-0.1, -0.05) is 127 Å². The van der Waals surface area contributed by atoms with E-state index in [1.54, 1.807) is 0 Å². The van der Waals surface area contributed by atoms with Gasteiger partial charge in [-0.05, 0) is 50.9 Å². The van der Waals surface area contributed by atoms with E-state index in [1.165, 1.54) is 32.7 Å². The average molecular weight is 485 g/mol. The highest BCUT2D eigenvalue weighted by molar-refractivity contribution is 6.12. The van der Waals surface area contributed by atoms with Gasteiger partial charge in [0, 0.05) is 16.7 Å². The topological polar surface area (TPSA) is 25.8 Å². The fourth-order valence-corrected chi connectivity index (χ4v) is 5.22. The van der Waals surface area contributed by atoms with Crippen molar-refractivity contribution >= 4 is 21.5 Å². The van der Waals surface area contributed by atoms with Crippen LogP contribution >= 0.6 is 0 Å². The van der Waals surface area contributed by atoms with E-state index in [2.05, 4.69) is 121 Å². The molecule has 0 N–H and O–H groups in total. The van der Waals surface area contributed by atoms with Gasteiger partial charge < -0.3 is 0 Å². The number of hydrogen-bond acceptors (Lipinski definition) is 2. The predicted octanol–water partition coefficient (Wildman–Crippen LogP) is 9.45. The quantitative estimate of drug-likeness (QED) is 0.233. The SMILES string of the molecule is c1ccc(-c2cccc(-c3cc(-c4c5ccccc5cc5ccccc45)nc(-c4ccccc4)n3)c2)cc1. The Morgan fingerprint density at radius 2 is 0.868 bits per heavy atom. The lowest BCUT2D eigenvalue weighted by Gasteiger charge is -2.14. The lowest BCUT2D eigenvalue weighted by atomic mass is 9.93. The van der Waals surface area contributed by atoms with Crippen molar-refractivity contribution in [2.24, 2.45) is 0 Å². The molecule has 7 aromatic rings. The molecule has 0 fully saturated rings. The Labute approximate surface area is 221 Å². The van der Waals surface area contributed by atoms with Gasteiger partial charge in [0.2, 0.25) is 0 Å². The summed E-state index contributed by atoms with van der Waals surface area (Å²) >= 11 is 0. The molecule has 0 saturated carbocycles. The Morgan fingerprint density at radius 1 is 0.342 bits per heavy atom. The van der Waals surface area contributed by atoms with Crippen LogP contribution in [0.5, 0.6) is 0 Å². The third kappa shape index (κ3) is 4.03. The molecule has 1 aromatic heterocycles. The maximum absolute atomic E-state index is 5.17. The second-order valence-electron chi connectivity index (χ2n) is 9.47. The molecule has 0 unspecified atom stereocenters. The van der Waals surface area contributed by atoms with Crippen LogP contribution in [0.4, 0.5) is 0 Å². The highest BCUT2D eigenvalue weighted by atomic mass is 14.9. The van der Waals surface area contributed by atoms with Crippen molar-refractivity contribution in [2.75, 3.05) is 0 Å². The first-order chi connectivity index (χ1) is 18.8. The molecule has 1 heterocycles. The van der Waals surface area contributed by atoms with Crippen LogP contribution in [0, 0.1) is 0 Å². The summed E-state index contributed by atoms with van der Waals surface area (Å²) < 4.78 is 0. The van der Waals surface area contributed by atoms with Gasteiger partial charge in [-0.25, -0.2) is 9.97 Å². The van der Waals surface area contributed by atoms with Crippen LogP contribution in [-0.2, 0) is 0 Å². The van der Waals surface area contributed by atoms with Crippen molar-refractivity contribution in [2.45, 2.75) is 0 Å². The first-order valence-corrected chi connectivity index (χ1v) is 12.8.